The molecule has 1 rings (SSSR count). The minimum atomic E-state index is -0.689. The van der Waals surface area contributed by atoms with Gasteiger partial charge < -0.3 is 5.73 Å². The number of nitriles is 1. The molecule has 92 valence electrons. The van der Waals surface area contributed by atoms with E-state index in [9.17, 15) is 0 Å². The Hall–Kier alpha value is -0.590. The van der Waals surface area contributed by atoms with Crippen LogP contribution in [0.4, 0.5) is 0 Å². The molecular weight excluding hydrogens is 198 g/mol. The van der Waals surface area contributed by atoms with Gasteiger partial charge in [0.15, 0.2) is 0 Å². The van der Waals surface area contributed by atoms with Gasteiger partial charge in [0.2, 0.25) is 0 Å². The first kappa shape index (κ1) is 13.5. The van der Waals surface area contributed by atoms with Crippen molar-refractivity contribution in [3.8, 4) is 6.07 Å². The molecule has 3 heteroatoms. The number of hydrogen-bond acceptors (Lipinski definition) is 3. The Balaban J connectivity index is 2.55. The lowest BCUT2D eigenvalue weighted by molar-refractivity contribution is 0.136. The fraction of sp³-hybridized carbons (Fsp3) is 0.923. The number of nitrogens with two attached hydrogens (primary N) is 1. The molecule has 1 saturated carbocycles. The summed E-state index contributed by atoms with van der Waals surface area (Å²) in [4.78, 5) is 2.52. The van der Waals surface area contributed by atoms with E-state index in [1.807, 2.05) is 6.92 Å². The molecule has 0 amide bonds. The Kier molecular flexibility index (Phi) is 4.76. The summed E-state index contributed by atoms with van der Waals surface area (Å²) in [7, 11) is 0. The van der Waals surface area contributed by atoms with Crippen LogP contribution in [0.1, 0.15) is 52.9 Å². The van der Waals surface area contributed by atoms with Crippen molar-refractivity contribution in [1.82, 2.24) is 4.90 Å². The maximum absolute atomic E-state index is 8.97. The SMILES string of the molecule is CCN(C(C)CC(C)(N)C#N)C1CCCC1. The molecule has 0 bridgehead atoms. The van der Waals surface area contributed by atoms with Crippen molar-refractivity contribution < 1.29 is 0 Å². The van der Waals surface area contributed by atoms with Crippen molar-refractivity contribution in [1.29, 1.82) is 5.26 Å². The minimum Gasteiger partial charge on any atom is -0.314 e. The monoisotopic (exact) mass is 223 g/mol. The molecule has 0 saturated heterocycles. The van der Waals surface area contributed by atoms with Crippen molar-refractivity contribution in [3.63, 3.8) is 0 Å². The summed E-state index contributed by atoms with van der Waals surface area (Å²) >= 11 is 0. The number of hydrogen-bond donors (Lipinski definition) is 1. The van der Waals surface area contributed by atoms with E-state index in [-0.39, 0.29) is 0 Å². The predicted octanol–water partition coefficient (Wildman–Crippen LogP) is 2.27. The van der Waals surface area contributed by atoms with Crippen LogP contribution in [0, 0.1) is 11.3 Å². The Morgan fingerprint density at radius 3 is 2.50 bits per heavy atom. The molecule has 0 aromatic heterocycles. The van der Waals surface area contributed by atoms with Gasteiger partial charge in [-0.1, -0.05) is 19.8 Å². The lowest BCUT2D eigenvalue weighted by Gasteiger charge is -2.35. The topological polar surface area (TPSA) is 53.0 Å². The van der Waals surface area contributed by atoms with Crippen LogP contribution in [-0.2, 0) is 0 Å². The highest BCUT2D eigenvalue weighted by atomic mass is 15.2. The fourth-order valence-corrected chi connectivity index (χ4v) is 2.94. The molecule has 2 N–H and O–H groups in total. The molecule has 3 nitrogen and oxygen atoms in total. The highest BCUT2D eigenvalue weighted by Gasteiger charge is 2.29. The lowest BCUT2D eigenvalue weighted by Crippen LogP contribution is -2.47. The molecule has 0 radical (unpaired) electrons. The van der Waals surface area contributed by atoms with Crippen LogP contribution in [0.5, 0.6) is 0 Å². The third kappa shape index (κ3) is 3.47. The van der Waals surface area contributed by atoms with Crippen LogP contribution in [0.15, 0.2) is 0 Å². The molecule has 0 aliphatic heterocycles. The van der Waals surface area contributed by atoms with Gasteiger partial charge in [0.05, 0.1) is 6.07 Å². The van der Waals surface area contributed by atoms with Crippen LogP contribution in [0.25, 0.3) is 0 Å². The van der Waals surface area contributed by atoms with Gasteiger partial charge in [-0.05, 0) is 39.7 Å². The van der Waals surface area contributed by atoms with Gasteiger partial charge in [-0.25, -0.2) is 0 Å². The zero-order chi connectivity index (χ0) is 12.2. The summed E-state index contributed by atoms with van der Waals surface area (Å²) in [5, 5.41) is 8.97. The largest absolute Gasteiger partial charge is 0.314 e. The lowest BCUT2D eigenvalue weighted by atomic mass is 9.95. The van der Waals surface area contributed by atoms with E-state index in [0.29, 0.717) is 6.04 Å². The third-order valence-corrected chi connectivity index (χ3v) is 3.70. The van der Waals surface area contributed by atoms with Gasteiger partial charge in [-0.15, -0.1) is 0 Å². The Morgan fingerprint density at radius 1 is 1.50 bits per heavy atom. The molecule has 2 unspecified atom stereocenters. The van der Waals surface area contributed by atoms with Gasteiger partial charge in [0.1, 0.15) is 5.54 Å². The molecule has 0 heterocycles. The Morgan fingerprint density at radius 2 is 2.06 bits per heavy atom. The standard InChI is InChI=1S/C13H25N3/c1-4-16(12-7-5-6-8-12)11(2)9-13(3,15)10-14/h11-12H,4-9,15H2,1-3H3. The van der Waals surface area contributed by atoms with Crippen LogP contribution < -0.4 is 5.73 Å². The first-order valence-electron chi connectivity index (χ1n) is 6.46. The van der Waals surface area contributed by atoms with Crippen molar-refractivity contribution in [2.75, 3.05) is 6.54 Å². The first-order chi connectivity index (χ1) is 7.50. The van der Waals surface area contributed by atoms with E-state index in [2.05, 4.69) is 24.8 Å². The van der Waals surface area contributed by atoms with E-state index in [1.165, 1.54) is 25.7 Å². The summed E-state index contributed by atoms with van der Waals surface area (Å²) in [5.41, 5.74) is 5.23. The molecule has 16 heavy (non-hydrogen) atoms. The highest BCUT2D eigenvalue weighted by Crippen LogP contribution is 2.26. The summed E-state index contributed by atoms with van der Waals surface area (Å²) in [6.45, 7) is 7.29. The van der Waals surface area contributed by atoms with Gasteiger partial charge in [-0.2, -0.15) is 5.26 Å². The maximum atomic E-state index is 8.97. The van der Waals surface area contributed by atoms with E-state index < -0.39 is 5.54 Å². The molecule has 1 fully saturated rings. The van der Waals surface area contributed by atoms with Crippen molar-refractivity contribution in [2.24, 2.45) is 5.73 Å². The van der Waals surface area contributed by atoms with Gasteiger partial charge >= 0.3 is 0 Å². The zero-order valence-electron chi connectivity index (χ0n) is 10.9. The van der Waals surface area contributed by atoms with E-state index >= 15 is 0 Å². The van der Waals surface area contributed by atoms with Crippen molar-refractivity contribution in [2.45, 2.75) is 70.5 Å². The van der Waals surface area contributed by atoms with Crippen LogP contribution in [0.2, 0.25) is 0 Å². The number of rotatable bonds is 5. The molecule has 0 aromatic carbocycles. The predicted molar refractivity (Wildman–Crippen MR) is 66.9 cm³/mol. The second-order valence-corrected chi connectivity index (χ2v) is 5.35. The summed E-state index contributed by atoms with van der Waals surface area (Å²) in [6.07, 6.45) is 6.09. The second kappa shape index (κ2) is 5.65. The number of nitrogens with zero attached hydrogens (tertiary/aromatic N) is 2. The molecule has 2 atom stereocenters. The fourth-order valence-electron chi connectivity index (χ4n) is 2.94. The normalized spacial score (nSPS) is 23.0. The quantitative estimate of drug-likeness (QED) is 0.778. The highest BCUT2D eigenvalue weighted by molar-refractivity contribution is 5.03. The second-order valence-electron chi connectivity index (χ2n) is 5.35. The van der Waals surface area contributed by atoms with Crippen LogP contribution in [-0.4, -0.2) is 29.1 Å². The van der Waals surface area contributed by atoms with E-state index in [1.54, 1.807) is 0 Å². The first-order valence-corrected chi connectivity index (χ1v) is 6.46. The van der Waals surface area contributed by atoms with Crippen molar-refractivity contribution in [3.05, 3.63) is 0 Å². The van der Waals surface area contributed by atoms with Crippen molar-refractivity contribution >= 4 is 0 Å². The molecule has 0 spiro atoms. The van der Waals surface area contributed by atoms with E-state index in [0.717, 1.165) is 19.0 Å². The van der Waals surface area contributed by atoms with Gasteiger partial charge in [0, 0.05) is 12.1 Å². The summed E-state index contributed by atoms with van der Waals surface area (Å²) in [5.74, 6) is 0. The summed E-state index contributed by atoms with van der Waals surface area (Å²) < 4.78 is 0. The molecule has 0 aromatic rings. The zero-order valence-corrected chi connectivity index (χ0v) is 10.9. The molecule has 1 aliphatic rings. The smallest absolute Gasteiger partial charge is 0.102 e. The Labute approximate surface area is 99.6 Å². The van der Waals surface area contributed by atoms with Crippen LogP contribution in [0.3, 0.4) is 0 Å². The molecule has 1 aliphatic carbocycles. The minimum absolute atomic E-state index is 0.405. The maximum Gasteiger partial charge on any atom is 0.102 e. The van der Waals surface area contributed by atoms with Crippen LogP contribution >= 0.6 is 0 Å². The van der Waals surface area contributed by atoms with Gasteiger partial charge in [-0.3, -0.25) is 4.90 Å². The molecular formula is C13H25N3. The average Bonchev–Trinajstić information content (AvgIpc) is 2.71. The summed E-state index contributed by atoms with van der Waals surface area (Å²) in [6, 6.07) is 3.32. The van der Waals surface area contributed by atoms with Gasteiger partial charge in [0.25, 0.3) is 0 Å². The van der Waals surface area contributed by atoms with E-state index in [4.69, 9.17) is 11.0 Å². The Bertz CT molecular complexity index is 248. The third-order valence-electron chi connectivity index (χ3n) is 3.70. The average molecular weight is 223 g/mol.